The van der Waals surface area contributed by atoms with Crippen LogP contribution in [-0.2, 0) is 0 Å². The third kappa shape index (κ3) is 2.89. The van der Waals surface area contributed by atoms with Crippen molar-refractivity contribution in [2.24, 2.45) is 0 Å². The van der Waals surface area contributed by atoms with Gasteiger partial charge in [-0.3, -0.25) is 0 Å². The maximum Gasteiger partial charge on any atom is 0.225 e. The first-order valence-corrected chi connectivity index (χ1v) is 7.54. The Morgan fingerprint density at radius 1 is 1.04 bits per heavy atom. The van der Waals surface area contributed by atoms with Crippen molar-refractivity contribution < 1.29 is 4.74 Å². The zero-order chi connectivity index (χ0) is 16.4. The minimum atomic E-state index is 0.558. The van der Waals surface area contributed by atoms with Gasteiger partial charge in [-0.05, 0) is 43.3 Å². The van der Waals surface area contributed by atoms with E-state index < -0.39 is 0 Å². The molecule has 0 radical (unpaired) electrons. The molecule has 118 valence electrons. The van der Waals surface area contributed by atoms with Gasteiger partial charge in [0.05, 0.1) is 11.0 Å². The van der Waals surface area contributed by atoms with Gasteiger partial charge in [0.1, 0.15) is 12.1 Å². The number of ether oxygens (including phenoxy) is 1. The van der Waals surface area contributed by atoms with Crippen LogP contribution in [0.5, 0.6) is 11.6 Å². The summed E-state index contributed by atoms with van der Waals surface area (Å²) in [5, 5.41) is 3.25. The molecule has 0 aliphatic heterocycles. The smallest absolute Gasteiger partial charge is 0.225 e. The van der Waals surface area contributed by atoms with Gasteiger partial charge in [-0.1, -0.05) is 12.1 Å². The third-order valence-corrected chi connectivity index (χ3v) is 3.57. The van der Waals surface area contributed by atoms with E-state index in [-0.39, 0.29) is 0 Å². The summed E-state index contributed by atoms with van der Waals surface area (Å²) in [5.74, 6) is 1.98. The van der Waals surface area contributed by atoms with Crippen LogP contribution in [0.1, 0.15) is 5.56 Å². The van der Waals surface area contributed by atoms with Crippen LogP contribution in [-0.4, -0.2) is 19.9 Å². The number of nitrogens with zero attached hydrogens (tertiary/aromatic N) is 3. The molecule has 2 aromatic carbocycles. The van der Waals surface area contributed by atoms with Gasteiger partial charge in [0.2, 0.25) is 11.8 Å². The highest BCUT2D eigenvalue weighted by Gasteiger charge is 2.04. The molecule has 2 N–H and O–H groups in total. The number of H-pyrrole nitrogens is 1. The van der Waals surface area contributed by atoms with Gasteiger partial charge < -0.3 is 15.0 Å². The van der Waals surface area contributed by atoms with Gasteiger partial charge in [0.15, 0.2) is 0 Å². The number of aromatic nitrogens is 4. The molecule has 0 unspecified atom stereocenters. The number of benzene rings is 2. The van der Waals surface area contributed by atoms with Crippen LogP contribution in [0, 0.1) is 6.92 Å². The van der Waals surface area contributed by atoms with Crippen molar-refractivity contribution in [3.8, 4) is 11.6 Å². The van der Waals surface area contributed by atoms with E-state index in [2.05, 4.69) is 25.3 Å². The minimum Gasteiger partial charge on any atom is -0.439 e. The van der Waals surface area contributed by atoms with Crippen LogP contribution >= 0.6 is 0 Å². The summed E-state index contributed by atoms with van der Waals surface area (Å²) < 4.78 is 5.76. The molecule has 6 nitrogen and oxygen atoms in total. The van der Waals surface area contributed by atoms with Crippen molar-refractivity contribution in [1.82, 2.24) is 19.9 Å². The largest absolute Gasteiger partial charge is 0.439 e. The minimum absolute atomic E-state index is 0.558. The summed E-state index contributed by atoms with van der Waals surface area (Å²) in [5.41, 5.74) is 3.74. The predicted octanol–water partition coefficient (Wildman–Crippen LogP) is 4.20. The molecule has 4 aromatic rings. The maximum atomic E-state index is 5.76. The van der Waals surface area contributed by atoms with E-state index >= 15 is 0 Å². The summed E-state index contributed by atoms with van der Waals surface area (Å²) >= 11 is 0. The van der Waals surface area contributed by atoms with Crippen molar-refractivity contribution in [3.05, 3.63) is 66.6 Å². The molecular weight excluding hydrogens is 302 g/mol. The van der Waals surface area contributed by atoms with Crippen LogP contribution in [0.3, 0.4) is 0 Å². The summed E-state index contributed by atoms with van der Waals surface area (Å²) in [7, 11) is 0. The van der Waals surface area contributed by atoms with E-state index in [1.807, 2.05) is 55.5 Å². The van der Waals surface area contributed by atoms with E-state index in [9.17, 15) is 0 Å². The fraction of sp³-hybridized carbons (Fsp3) is 0.0556. The van der Waals surface area contributed by atoms with Crippen LogP contribution in [0.25, 0.3) is 11.0 Å². The second kappa shape index (κ2) is 6.00. The molecule has 0 bridgehead atoms. The molecule has 2 heterocycles. The highest BCUT2D eigenvalue weighted by atomic mass is 16.5. The van der Waals surface area contributed by atoms with E-state index in [0.29, 0.717) is 17.6 Å². The molecule has 0 spiro atoms. The lowest BCUT2D eigenvalue weighted by Gasteiger charge is -2.08. The van der Waals surface area contributed by atoms with Crippen LogP contribution in [0.2, 0.25) is 0 Å². The SMILES string of the molecule is Cc1cncnc1Oc1ccc(Nc2nc3ccccc3[nH]2)cc1. The zero-order valence-corrected chi connectivity index (χ0v) is 13.0. The van der Waals surface area contributed by atoms with E-state index in [4.69, 9.17) is 4.74 Å². The third-order valence-electron chi connectivity index (χ3n) is 3.57. The number of aromatic amines is 1. The van der Waals surface area contributed by atoms with Crippen molar-refractivity contribution in [2.45, 2.75) is 6.92 Å². The molecule has 0 aliphatic rings. The highest BCUT2D eigenvalue weighted by Crippen LogP contribution is 2.24. The average Bonchev–Trinajstić information content (AvgIpc) is 3.01. The number of rotatable bonds is 4. The average molecular weight is 317 g/mol. The highest BCUT2D eigenvalue weighted by molar-refractivity contribution is 5.78. The normalized spacial score (nSPS) is 10.7. The van der Waals surface area contributed by atoms with Gasteiger partial charge in [-0.2, -0.15) is 0 Å². The Morgan fingerprint density at radius 3 is 2.67 bits per heavy atom. The van der Waals surface area contributed by atoms with Gasteiger partial charge in [-0.15, -0.1) is 0 Å². The number of imidazole rings is 1. The molecule has 0 amide bonds. The Hall–Kier alpha value is -3.41. The molecule has 0 atom stereocenters. The van der Waals surface area contributed by atoms with Crippen LogP contribution < -0.4 is 10.1 Å². The van der Waals surface area contributed by atoms with Crippen molar-refractivity contribution in [1.29, 1.82) is 0 Å². The number of hydrogen-bond acceptors (Lipinski definition) is 5. The molecule has 6 heteroatoms. The lowest BCUT2D eigenvalue weighted by Crippen LogP contribution is -1.94. The molecule has 4 rings (SSSR count). The quantitative estimate of drug-likeness (QED) is 0.590. The second-order valence-corrected chi connectivity index (χ2v) is 5.36. The van der Waals surface area contributed by atoms with Crippen LogP contribution in [0.4, 0.5) is 11.6 Å². The number of nitrogens with one attached hydrogen (secondary N) is 2. The number of aryl methyl sites for hydroxylation is 1. The lowest BCUT2D eigenvalue weighted by atomic mass is 10.3. The Bertz CT molecular complexity index is 945. The number of para-hydroxylation sites is 2. The summed E-state index contributed by atoms with van der Waals surface area (Å²) in [6.45, 7) is 1.91. The first kappa shape index (κ1) is 14.2. The Morgan fingerprint density at radius 2 is 1.88 bits per heavy atom. The zero-order valence-electron chi connectivity index (χ0n) is 13.0. The molecular formula is C18H15N5O. The Labute approximate surface area is 138 Å². The predicted molar refractivity (Wildman–Crippen MR) is 92.7 cm³/mol. The fourth-order valence-corrected chi connectivity index (χ4v) is 2.36. The number of anilines is 2. The van der Waals surface area contributed by atoms with E-state index in [1.54, 1.807) is 6.20 Å². The summed E-state index contributed by atoms with van der Waals surface area (Å²) in [6.07, 6.45) is 3.19. The van der Waals surface area contributed by atoms with Crippen molar-refractivity contribution in [3.63, 3.8) is 0 Å². The standard InChI is InChI=1S/C18H15N5O/c1-12-10-19-11-20-17(12)24-14-8-6-13(7-9-14)21-18-22-15-4-2-3-5-16(15)23-18/h2-11H,1H3,(H2,21,22,23). The fourth-order valence-electron chi connectivity index (χ4n) is 2.36. The van der Waals surface area contributed by atoms with Gasteiger partial charge in [-0.25, -0.2) is 15.0 Å². The van der Waals surface area contributed by atoms with Gasteiger partial charge >= 0.3 is 0 Å². The Kier molecular flexibility index (Phi) is 3.55. The van der Waals surface area contributed by atoms with Crippen LogP contribution in [0.15, 0.2) is 61.1 Å². The summed E-state index contributed by atoms with van der Waals surface area (Å²) in [6, 6.07) is 15.5. The van der Waals surface area contributed by atoms with Crippen molar-refractivity contribution in [2.75, 3.05) is 5.32 Å². The first-order chi connectivity index (χ1) is 11.8. The van der Waals surface area contributed by atoms with Gasteiger partial charge in [0, 0.05) is 17.4 Å². The number of fused-ring (bicyclic) bond motifs is 1. The van der Waals surface area contributed by atoms with Crippen molar-refractivity contribution >= 4 is 22.7 Å². The van der Waals surface area contributed by atoms with Gasteiger partial charge in [0.25, 0.3) is 0 Å². The summed E-state index contributed by atoms with van der Waals surface area (Å²) in [4.78, 5) is 15.8. The van der Waals surface area contributed by atoms with E-state index in [1.165, 1.54) is 6.33 Å². The molecule has 2 aromatic heterocycles. The number of hydrogen-bond donors (Lipinski definition) is 2. The molecule has 0 saturated carbocycles. The molecule has 0 fully saturated rings. The molecule has 0 saturated heterocycles. The first-order valence-electron chi connectivity index (χ1n) is 7.54. The second-order valence-electron chi connectivity index (χ2n) is 5.36. The monoisotopic (exact) mass is 317 g/mol. The topological polar surface area (TPSA) is 75.7 Å². The lowest BCUT2D eigenvalue weighted by molar-refractivity contribution is 0.457. The molecule has 0 aliphatic carbocycles. The van der Waals surface area contributed by atoms with E-state index in [0.717, 1.165) is 22.3 Å². The maximum absolute atomic E-state index is 5.76. The molecule has 24 heavy (non-hydrogen) atoms. The Balaban J connectivity index is 1.50.